The zero-order valence-electron chi connectivity index (χ0n) is 11.0. The van der Waals surface area contributed by atoms with Gasteiger partial charge in [0.1, 0.15) is 22.0 Å². The first kappa shape index (κ1) is 14.9. The van der Waals surface area contributed by atoms with E-state index in [1.54, 1.807) is 6.07 Å². The van der Waals surface area contributed by atoms with E-state index in [4.69, 9.17) is 0 Å². The Kier molecular flexibility index (Phi) is 3.86. The van der Waals surface area contributed by atoms with Gasteiger partial charge in [0.25, 0.3) is 0 Å². The number of phenols is 2. The summed E-state index contributed by atoms with van der Waals surface area (Å²) < 4.78 is 29.6. The first-order valence-corrected chi connectivity index (χ1v) is 7.31. The smallest absolute Gasteiger partial charge is 0.343 e. The molecule has 0 saturated carbocycles. The minimum Gasteiger partial charge on any atom is -0.507 e. The van der Waals surface area contributed by atoms with Crippen LogP contribution >= 0.6 is 0 Å². The maximum Gasteiger partial charge on any atom is 0.343 e. The van der Waals surface area contributed by atoms with E-state index < -0.39 is 37.8 Å². The van der Waals surface area contributed by atoms with E-state index in [1.807, 2.05) is 0 Å². The van der Waals surface area contributed by atoms with Gasteiger partial charge in [0.2, 0.25) is 9.84 Å². The lowest BCUT2D eigenvalue weighted by molar-refractivity contribution is 0.0592. The van der Waals surface area contributed by atoms with Gasteiger partial charge in [0.05, 0.1) is 12.0 Å². The molecule has 0 heterocycles. The molecular weight excluding hydrogens is 296 g/mol. The number of sulfone groups is 1. The lowest BCUT2D eigenvalue weighted by Gasteiger charge is -2.12. The van der Waals surface area contributed by atoms with Gasteiger partial charge in [-0.3, -0.25) is 0 Å². The average Bonchev–Trinajstić information content (AvgIpc) is 2.49. The third-order valence-corrected chi connectivity index (χ3v) is 4.67. The maximum atomic E-state index is 12.6. The number of esters is 1. The maximum absolute atomic E-state index is 12.6. The second-order valence-corrected chi connectivity index (χ2v) is 6.00. The van der Waals surface area contributed by atoms with Crippen LogP contribution in [0, 0.1) is 0 Å². The van der Waals surface area contributed by atoms with Crippen LogP contribution in [-0.4, -0.2) is 31.7 Å². The summed E-state index contributed by atoms with van der Waals surface area (Å²) in [5, 5.41) is 19.6. The van der Waals surface area contributed by atoms with Crippen LogP contribution in [0.25, 0.3) is 0 Å². The summed E-state index contributed by atoms with van der Waals surface area (Å²) in [7, 11) is -3.14. The fourth-order valence-electron chi connectivity index (χ4n) is 1.85. The van der Waals surface area contributed by atoms with E-state index in [9.17, 15) is 23.4 Å². The van der Waals surface area contributed by atoms with Gasteiger partial charge in [0, 0.05) is 0 Å². The Balaban J connectivity index is 2.81. The van der Waals surface area contributed by atoms with Gasteiger partial charge < -0.3 is 14.9 Å². The van der Waals surface area contributed by atoms with Crippen LogP contribution in [-0.2, 0) is 14.6 Å². The summed E-state index contributed by atoms with van der Waals surface area (Å²) in [6.07, 6.45) is 0. The number of carbonyl (C=O) groups excluding carboxylic acids is 1. The summed E-state index contributed by atoms with van der Waals surface area (Å²) in [5.41, 5.74) is -0.596. The van der Waals surface area contributed by atoms with E-state index in [0.29, 0.717) is 0 Å². The first-order valence-electron chi connectivity index (χ1n) is 5.83. The van der Waals surface area contributed by atoms with Gasteiger partial charge in [0.15, 0.2) is 0 Å². The zero-order chi connectivity index (χ0) is 15.6. The number of hydrogen-bond acceptors (Lipinski definition) is 6. The highest BCUT2D eigenvalue weighted by Gasteiger charge is 2.31. The SMILES string of the molecule is COC(=O)c1c(O)ccc(O)c1S(=O)(=O)c1ccccc1. The van der Waals surface area contributed by atoms with Gasteiger partial charge in [-0.05, 0) is 24.3 Å². The number of carbonyl (C=O) groups is 1. The van der Waals surface area contributed by atoms with E-state index in [2.05, 4.69) is 4.74 Å². The van der Waals surface area contributed by atoms with Crippen LogP contribution in [0.15, 0.2) is 52.3 Å². The topological polar surface area (TPSA) is 101 Å². The van der Waals surface area contributed by atoms with Gasteiger partial charge >= 0.3 is 5.97 Å². The Bertz CT molecular complexity index is 781. The number of rotatable bonds is 3. The number of aromatic hydroxyl groups is 2. The van der Waals surface area contributed by atoms with Crippen molar-refractivity contribution >= 4 is 15.8 Å². The number of benzene rings is 2. The molecule has 0 saturated heterocycles. The van der Waals surface area contributed by atoms with Gasteiger partial charge in [-0.1, -0.05) is 18.2 Å². The van der Waals surface area contributed by atoms with Crippen molar-refractivity contribution in [1.82, 2.24) is 0 Å². The van der Waals surface area contributed by atoms with Crippen LogP contribution in [0.3, 0.4) is 0 Å². The average molecular weight is 308 g/mol. The molecule has 2 aromatic rings. The highest BCUT2D eigenvalue weighted by Crippen LogP contribution is 2.36. The molecule has 0 aliphatic rings. The third-order valence-electron chi connectivity index (χ3n) is 2.83. The molecule has 2 aromatic carbocycles. The number of methoxy groups -OCH3 is 1. The Morgan fingerprint density at radius 1 is 1.00 bits per heavy atom. The van der Waals surface area contributed by atoms with Crippen molar-refractivity contribution in [3.8, 4) is 11.5 Å². The van der Waals surface area contributed by atoms with Crippen molar-refractivity contribution in [2.75, 3.05) is 7.11 Å². The van der Waals surface area contributed by atoms with Crippen molar-refractivity contribution in [2.24, 2.45) is 0 Å². The molecule has 0 unspecified atom stereocenters. The highest BCUT2D eigenvalue weighted by atomic mass is 32.2. The van der Waals surface area contributed by atoms with Crippen LogP contribution in [0.2, 0.25) is 0 Å². The summed E-state index contributed by atoms with van der Waals surface area (Å²) in [6.45, 7) is 0. The van der Waals surface area contributed by atoms with Gasteiger partial charge in [-0.25, -0.2) is 13.2 Å². The van der Waals surface area contributed by atoms with Gasteiger partial charge in [-0.2, -0.15) is 0 Å². The van der Waals surface area contributed by atoms with Crippen molar-refractivity contribution in [3.05, 3.63) is 48.0 Å². The van der Waals surface area contributed by atoms with Crippen LogP contribution in [0.1, 0.15) is 10.4 Å². The fraction of sp³-hybridized carbons (Fsp3) is 0.0714. The zero-order valence-corrected chi connectivity index (χ0v) is 11.8. The molecule has 110 valence electrons. The largest absolute Gasteiger partial charge is 0.507 e. The van der Waals surface area contributed by atoms with Crippen LogP contribution in [0.5, 0.6) is 11.5 Å². The predicted molar refractivity (Wildman–Crippen MR) is 73.0 cm³/mol. The van der Waals surface area contributed by atoms with E-state index in [0.717, 1.165) is 19.2 Å². The number of ether oxygens (including phenoxy) is 1. The van der Waals surface area contributed by atoms with Crippen molar-refractivity contribution in [2.45, 2.75) is 9.79 Å². The molecular formula is C14H12O6S. The summed E-state index contributed by atoms with van der Waals surface area (Å²) in [5.74, 6) is -2.29. The molecule has 0 atom stereocenters. The summed E-state index contributed by atoms with van der Waals surface area (Å²) in [6, 6.07) is 9.29. The molecule has 0 bridgehead atoms. The van der Waals surface area contributed by atoms with E-state index >= 15 is 0 Å². The van der Waals surface area contributed by atoms with Crippen LogP contribution < -0.4 is 0 Å². The van der Waals surface area contributed by atoms with Crippen LogP contribution in [0.4, 0.5) is 0 Å². The molecule has 0 aliphatic carbocycles. The minimum atomic E-state index is -4.19. The molecule has 0 amide bonds. The number of hydrogen-bond donors (Lipinski definition) is 2. The molecule has 6 nitrogen and oxygen atoms in total. The van der Waals surface area contributed by atoms with E-state index in [-0.39, 0.29) is 4.90 Å². The monoisotopic (exact) mass is 308 g/mol. The molecule has 2 rings (SSSR count). The third kappa shape index (κ3) is 2.55. The molecule has 0 spiro atoms. The molecule has 0 aliphatic heterocycles. The van der Waals surface area contributed by atoms with E-state index in [1.165, 1.54) is 24.3 Å². The second-order valence-electron chi connectivity index (χ2n) is 4.12. The number of phenolic OH excluding ortho intramolecular Hbond substituents is 2. The quantitative estimate of drug-likeness (QED) is 0.661. The van der Waals surface area contributed by atoms with Crippen molar-refractivity contribution in [3.63, 3.8) is 0 Å². The first-order chi connectivity index (χ1) is 9.89. The molecule has 21 heavy (non-hydrogen) atoms. The second kappa shape index (κ2) is 5.45. The Morgan fingerprint density at radius 3 is 2.14 bits per heavy atom. The van der Waals surface area contributed by atoms with Crippen molar-refractivity contribution in [1.29, 1.82) is 0 Å². The standard InChI is InChI=1S/C14H12O6S/c1-20-14(17)12-10(15)7-8-11(16)13(12)21(18,19)9-5-3-2-4-6-9/h2-8,15-16H,1H3. The molecule has 7 heteroatoms. The van der Waals surface area contributed by atoms with Gasteiger partial charge in [-0.15, -0.1) is 0 Å². The normalized spacial score (nSPS) is 11.1. The molecule has 0 aromatic heterocycles. The fourth-order valence-corrected chi connectivity index (χ4v) is 3.40. The Hall–Kier alpha value is -2.54. The lowest BCUT2D eigenvalue weighted by atomic mass is 10.2. The Morgan fingerprint density at radius 2 is 1.57 bits per heavy atom. The minimum absolute atomic E-state index is 0.115. The molecule has 0 radical (unpaired) electrons. The molecule has 2 N–H and O–H groups in total. The molecule has 0 fully saturated rings. The van der Waals surface area contributed by atoms with Crippen molar-refractivity contribution < 1.29 is 28.2 Å². The summed E-state index contributed by atoms with van der Waals surface area (Å²) in [4.78, 5) is 10.9. The predicted octanol–water partition coefficient (Wildman–Crippen LogP) is 1.72. The summed E-state index contributed by atoms with van der Waals surface area (Å²) >= 11 is 0. The highest BCUT2D eigenvalue weighted by molar-refractivity contribution is 7.91. The Labute approximate surface area is 121 Å². The lowest BCUT2D eigenvalue weighted by Crippen LogP contribution is -2.12.